The minimum atomic E-state index is -0.788. The number of carbonyl (C=O) groups excluding carboxylic acids is 1. The van der Waals surface area contributed by atoms with Gasteiger partial charge in [0, 0.05) is 17.0 Å². The Morgan fingerprint density at radius 2 is 2.05 bits per heavy atom. The van der Waals surface area contributed by atoms with Gasteiger partial charge in [0.25, 0.3) is 5.91 Å². The molecule has 0 unspecified atom stereocenters. The van der Waals surface area contributed by atoms with Crippen molar-refractivity contribution in [3.63, 3.8) is 0 Å². The largest absolute Gasteiger partial charge is 0.493 e. The first-order chi connectivity index (χ1) is 9.97. The summed E-state index contributed by atoms with van der Waals surface area (Å²) in [5.41, 5.74) is 7.21. The first kappa shape index (κ1) is 15.5. The molecule has 0 spiro atoms. The minimum Gasteiger partial charge on any atom is -0.493 e. The second kappa shape index (κ2) is 6.72. The lowest BCUT2D eigenvalue weighted by atomic mass is 10.1. The molecule has 2 N–H and O–H groups in total. The molecule has 0 atom stereocenters. The number of hydrogen-bond donors (Lipinski definition) is 1. The van der Waals surface area contributed by atoms with Crippen LogP contribution in [0, 0.1) is 12.7 Å². The Hall–Kier alpha value is -1.88. The maximum Gasteiger partial charge on any atom is 0.251 e. The monoisotopic (exact) mass is 351 g/mol. The van der Waals surface area contributed by atoms with Crippen LogP contribution < -0.4 is 10.5 Å². The summed E-state index contributed by atoms with van der Waals surface area (Å²) >= 11 is 3.45. The highest BCUT2D eigenvalue weighted by Crippen LogP contribution is 2.19. The van der Waals surface area contributed by atoms with E-state index in [-0.39, 0.29) is 5.56 Å². The number of amides is 1. The van der Waals surface area contributed by atoms with Gasteiger partial charge in [0.05, 0.1) is 12.2 Å². The molecular formula is C16H15BrFNO2. The Kier molecular flexibility index (Phi) is 4.96. The van der Waals surface area contributed by atoms with Crippen molar-refractivity contribution in [3.8, 4) is 5.75 Å². The highest BCUT2D eigenvalue weighted by atomic mass is 79.9. The van der Waals surface area contributed by atoms with E-state index in [0.29, 0.717) is 18.8 Å². The summed E-state index contributed by atoms with van der Waals surface area (Å²) in [6.45, 7) is 2.45. The van der Waals surface area contributed by atoms with Gasteiger partial charge in [0.1, 0.15) is 11.6 Å². The van der Waals surface area contributed by atoms with Crippen molar-refractivity contribution in [2.75, 3.05) is 6.61 Å². The minimum absolute atomic E-state index is 0.133. The quantitative estimate of drug-likeness (QED) is 0.894. The molecule has 2 aromatic carbocycles. The summed E-state index contributed by atoms with van der Waals surface area (Å²) in [5.74, 6) is -1.07. The topological polar surface area (TPSA) is 52.3 Å². The maximum absolute atomic E-state index is 13.6. The molecule has 0 radical (unpaired) electrons. The van der Waals surface area contributed by atoms with Gasteiger partial charge in [-0.05, 0) is 36.2 Å². The molecule has 2 aromatic rings. The Labute approximate surface area is 131 Å². The molecule has 0 aliphatic heterocycles. The molecule has 2 rings (SSSR count). The van der Waals surface area contributed by atoms with Crippen molar-refractivity contribution in [1.82, 2.24) is 0 Å². The molecule has 0 aromatic heterocycles. The van der Waals surface area contributed by atoms with Crippen LogP contribution in [0.4, 0.5) is 4.39 Å². The molecule has 21 heavy (non-hydrogen) atoms. The number of aryl methyl sites for hydroxylation is 1. The molecule has 0 aliphatic carbocycles. The number of carbonyl (C=O) groups is 1. The second-order valence-corrected chi connectivity index (χ2v) is 5.54. The number of halogens is 2. The fourth-order valence-corrected chi connectivity index (χ4v) is 2.18. The van der Waals surface area contributed by atoms with Crippen molar-refractivity contribution in [2.24, 2.45) is 5.73 Å². The van der Waals surface area contributed by atoms with E-state index in [1.807, 2.05) is 19.1 Å². The Morgan fingerprint density at radius 1 is 1.29 bits per heavy atom. The lowest BCUT2D eigenvalue weighted by Gasteiger charge is -2.08. The molecule has 1 amide bonds. The zero-order chi connectivity index (χ0) is 15.4. The molecule has 0 fully saturated rings. The Balaban J connectivity index is 1.95. The van der Waals surface area contributed by atoms with Gasteiger partial charge >= 0.3 is 0 Å². The number of primary amides is 1. The molecule has 5 heteroatoms. The zero-order valence-corrected chi connectivity index (χ0v) is 13.1. The van der Waals surface area contributed by atoms with Crippen LogP contribution in [0.25, 0.3) is 0 Å². The fourth-order valence-electron chi connectivity index (χ4n) is 1.93. The predicted molar refractivity (Wildman–Crippen MR) is 83.0 cm³/mol. The number of rotatable bonds is 5. The van der Waals surface area contributed by atoms with E-state index in [2.05, 4.69) is 22.0 Å². The highest BCUT2D eigenvalue weighted by Gasteiger charge is 2.09. The van der Waals surface area contributed by atoms with Crippen LogP contribution in [0.1, 0.15) is 21.5 Å². The third-order valence-electron chi connectivity index (χ3n) is 3.09. The van der Waals surface area contributed by atoms with Gasteiger partial charge in [-0.1, -0.05) is 28.1 Å². The molecule has 0 aliphatic rings. The molecule has 110 valence electrons. The van der Waals surface area contributed by atoms with Crippen molar-refractivity contribution >= 4 is 21.8 Å². The van der Waals surface area contributed by atoms with Crippen LogP contribution in [0.15, 0.2) is 40.9 Å². The molecule has 0 saturated carbocycles. The smallest absolute Gasteiger partial charge is 0.251 e. The standard InChI is InChI=1S/C16H15BrFNO2/c1-10-8-11(2-5-14(10)17)6-7-21-12-3-4-13(16(19)20)15(18)9-12/h2-5,8-9H,6-7H2,1H3,(H2,19,20). The van der Waals surface area contributed by atoms with Crippen molar-refractivity contribution in [2.45, 2.75) is 13.3 Å². The third-order valence-corrected chi connectivity index (χ3v) is 3.98. The van der Waals surface area contributed by atoms with Gasteiger partial charge in [-0.2, -0.15) is 0 Å². The molecule has 0 bridgehead atoms. The van der Waals surface area contributed by atoms with Crippen LogP contribution in [0.2, 0.25) is 0 Å². The zero-order valence-electron chi connectivity index (χ0n) is 11.5. The second-order valence-electron chi connectivity index (χ2n) is 4.69. The van der Waals surface area contributed by atoms with Crippen LogP contribution in [0.3, 0.4) is 0 Å². The van der Waals surface area contributed by atoms with E-state index >= 15 is 0 Å². The van der Waals surface area contributed by atoms with Crippen LogP contribution in [-0.4, -0.2) is 12.5 Å². The molecular weight excluding hydrogens is 337 g/mol. The maximum atomic E-state index is 13.6. The molecule has 0 heterocycles. The fraction of sp³-hybridized carbons (Fsp3) is 0.188. The average Bonchev–Trinajstić information content (AvgIpc) is 2.42. The van der Waals surface area contributed by atoms with E-state index < -0.39 is 11.7 Å². The normalized spacial score (nSPS) is 10.4. The summed E-state index contributed by atoms with van der Waals surface area (Å²) < 4.78 is 20.1. The highest BCUT2D eigenvalue weighted by molar-refractivity contribution is 9.10. The van der Waals surface area contributed by atoms with E-state index in [0.717, 1.165) is 15.6 Å². The van der Waals surface area contributed by atoms with Crippen molar-refractivity contribution < 1.29 is 13.9 Å². The summed E-state index contributed by atoms with van der Waals surface area (Å²) in [5, 5.41) is 0. The van der Waals surface area contributed by atoms with Gasteiger partial charge in [0.15, 0.2) is 0 Å². The van der Waals surface area contributed by atoms with Crippen LogP contribution in [-0.2, 0) is 6.42 Å². The SMILES string of the molecule is Cc1cc(CCOc2ccc(C(N)=O)c(F)c2)ccc1Br. The Morgan fingerprint density at radius 3 is 2.67 bits per heavy atom. The van der Waals surface area contributed by atoms with E-state index in [1.54, 1.807) is 0 Å². The van der Waals surface area contributed by atoms with E-state index in [9.17, 15) is 9.18 Å². The summed E-state index contributed by atoms with van der Waals surface area (Å²) in [6, 6.07) is 10.1. The summed E-state index contributed by atoms with van der Waals surface area (Å²) in [4.78, 5) is 10.9. The Bertz CT molecular complexity index is 673. The van der Waals surface area contributed by atoms with Gasteiger partial charge in [0.2, 0.25) is 0 Å². The van der Waals surface area contributed by atoms with Crippen molar-refractivity contribution in [3.05, 3.63) is 63.4 Å². The van der Waals surface area contributed by atoms with Crippen molar-refractivity contribution in [1.29, 1.82) is 0 Å². The summed E-state index contributed by atoms with van der Waals surface area (Å²) in [7, 11) is 0. The number of benzene rings is 2. The van der Waals surface area contributed by atoms with Gasteiger partial charge in [-0.3, -0.25) is 4.79 Å². The predicted octanol–water partition coefficient (Wildman–Crippen LogP) is 3.62. The number of ether oxygens (including phenoxy) is 1. The lowest BCUT2D eigenvalue weighted by molar-refractivity contribution is 0.0996. The summed E-state index contributed by atoms with van der Waals surface area (Å²) in [6.07, 6.45) is 0.716. The van der Waals surface area contributed by atoms with E-state index in [1.165, 1.54) is 18.2 Å². The number of nitrogens with two attached hydrogens (primary N) is 1. The van der Waals surface area contributed by atoms with Crippen LogP contribution >= 0.6 is 15.9 Å². The van der Waals surface area contributed by atoms with E-state index in [4.69, 9.17) is 10.5 Å². The average molecular weight is 352 g/mol. The van der Waals surface area contributed by atoms with Gasteiger partial charge < -0.3 is 10.5 Å². The number of hydrogen-bond acceptors (Lipinski definition) is 2. The third kappa shape index (κ3) is 4.04. The van der Waals surface area contributed by atoms with Gasteiger partial charge in [-0.25, -0.2) is 4.39 Å². The van der Waals surface area contributed by atoms with Gasteiger partial charge in [-0.15, -0.1) is 0 Å². The molecule has 0 saturated heterocycles. The molecule has 3 nitrogen and oxygen atoms in total. The first-order valence-electron chi connectivity index (χ1n) is 6.44. The first-order valence-corrected chi connectivity index (χ1v) is 7.24. The lowest BCUT2D eigenvalue weighted by Crippen LogP contribution is -2.13. The van der Waals surface area contributed by atoms with Crippen LogP contribution in [0.5, 0.6) is 5.75 Å².